The first-order valence-electron chi connectivity index (χ1n) is 6.63. The van der Waals surface area contributed by atoms with E-state index in [0.29, 0.717) is 5.56 Å². The Hall–Kier alpha value is -2.88. The van der Waals surface area contributed by atoms with E-state index in [4.69, 9.17) is 0 Å². The predicted octanol–water partition coefficient (Wildman–Crippen LogP) is 3.22. The van der Waals surface area contributed by atoms with Crippen LogP contribution in [0.1, 0.15) is 11.6 Å². The number of rotatable bonds is 4. The van der Waals surface area contributed by atoms with Gasteiger partial charge in [-0.2, -0.15) is 5.10 Å². The van der Waals surface area contributed by atoms with Gasteiger partial charge in [-0.25, -0.2) is 4.79 Å². The summed E-state index contributed by atoms with van der Waals surface area (Å²) in [4.78, 5) is 11.6. The van der Waals surface area contributed by atoms with Crippen LogP contribution in [0.4, 0.5) is 0 Å². The smallest absolute Gasteiger partial charge is 0.333 e. The lowest BCUT2D eigenvalue weighted by atomic mass is 10.1. The van der Waals surface area contributed by atoms with Crippen molar-refractivity contribution in [3.63, 3.8) is 0 Å². The summed E-state index contributed by atoms with van der Waals surface area (Å²) in [5, 5.41) is 13.7. The fourth-order valence-electron chi connectivity index (χ4n) is 2.30. The standard InChI is InChI=1S/C17H14N2O2/c20-17(21)16(14-9-5-2-6-10-14)19-12-15(11-18-19)13-7-3-1-4-8-13/h1-12,16H,(H,20,21). The minimum absolute atomic E-state index is 0.702. The molecule has 1 atom stereocenters. The summed E-state index contributed by atoms with van der Waals surface area (Å²) >= 11 is 0. The Morgan fingerprint density at radius 3 is 2.19 bits per heavy atom. The molecule has 4 nitrogen and oxygen atoms in total. The Kier molecular flexibility index (Phi) is 3.51. The maximum Gasteiger partial charge on any atom is 0.333 e. The number of hydrogen-bond acceptors (Lipinski definition) is 2. The zero-order valence-electron chi connectivity index (χ0n) is 11.3. The second-order valence-corrected chi connectivity index (χ2v) is 4.73. The molecule has 0 aliphatic carbocycles. The van der Waals surface area contributed by atoms with Crippen LogP contribution in [-0.2, 0) is 4.79 Å². The third-order valence-electron chi connectivity index (χ3n) is 3.32. The molecule has 1 aromatic heterocycles. The van der Waals surface area contributed by atoms with E-state index in [2.05, 4.69) is 5.10 Å². The molecule has 1 N–H and O–H groups in total. The van der Waals surface area contributed by atoms with Crippen LogP contribution in [0.5, 0.6) is 0 Å². The van der Waals surface area contributed by atoms with E-state index < -0.39 is 12.0 Å². The highest BCUT2D eigenvalue weighted by atomic mass is 16.4. The molecule has 0 bridgehead atoms. The highest BCUT2D eigenvalue weighted by Gasteiger charge is 2.22. The quantitative estimate of drug-likeness (QED) is 0.797. The molecule has 4 heteroatoms. The van der Waals surface area contributed by atoms with Crippen molar-refractivity contribution in [2.75, 3.05) is 0 Å². The van der Waals surface area contributed by atoms with Crippen LogP contribution in [-0.4, -0.2) is 20.9 Å². The van der Waals surface area contributed by atoms with Gasteiger partial charge in [-0.15, -0.1) is 0 Å². The number of benzene rings is 2. The fraction of sp³-hybridized carbons (Fsp3) is 0.0588. The summed E-state index contributed by atoms with van der Waals surface area (Å²) < 4.78 is 1.49. The fourth-order valence-corrected chi connectivity index (χ4v) is 2.30. The van der Waals surface area contributed by atoms with Crippen molar-refractivity contribution in [3.05, 3.63) is 78.6 Å². The maximum absolute atomic E-state index is 11.6. The number of carboxylic acids is 1. The molecule has 21 heavy (non-hydrogen) atoms. The van der Waals surface area contributed by atoms with Gasteiger partial charge < -0.3 is 5.11 Å². The van der Waals surface area contributed by atoms with Crippen molar-refractivity contribution < 1.29 is 9.90 Å². The maximum atomic E-state index is 11.6. The van der Waals surface area contributed by atoms with Crippen LogP contribution in [0.2, 0.25) is 0 Å². The molecule has 2 aromatic carbocycles. The van der Waals surface area contributed by atoms with E-state index in [1.165, 1.54) is 4.68 Å². The Bertz CT molecular complexity index is 736. The number of hydrogen-bond donors (Lipinski definition) is 1. The topological polar surface area (TPSA) is 55.1 Å². The van der Waals surface area contributed by atoms with E-state index in [-0.39, 0.29) is 0 Å². The molecular weight excluding hydrogens is 264 g/mol. The van der Waals surface area contributed by atoms with Gasteiger partial charge in [0, 0.05) is 11.8 Å². The first-order valence-corrected chi connectivity index (χ1v) is 6.63. The summed E-state index contributed by atoms with van der Waals surface area (Å²) in [5.74, 6) is -0.927. The molecular formula is C17H14N2O2. The molecule has 0 aliphatic heterocycles. The first-order chi connectivity index (χ1) is 10.3. The third-order valence-corrected chi connectivity index (χ3v) is 3.32. The van der Waals surface area contributed by atoms with Crippen LogP contribution >= 0.6 is 0 Å². The Balaban J connectivity index is 1.99. The minimum atomic E-state index is -0.927. The Morgan fingerprint density at radius 1 is 0.952 bits per heavy atom. The molecule has 0 saturated carbocycles. The van der Waals surface area contributed by atoms with Gasteiger partial charge in [-0.3, -0.25) is 4.68 Å². The third kappa shape index (κ3) is 2.69. The predicted molar refractivity (Wildman–Crippen MR) is 79.9 cm³/mol. The minimum Gasteiger partial charge on any atom is -0.479 e. The number of carbonyl (C=O) groups is 1. The molecule has 1 heterocycles. The normalized spacial score (nSPS) is 12.0. The molecule has 104 valence electrons. The highest BCUT2D eigenvalue weighted by molar-refractivity contribution is 5.76. The molecule has 0 amide bonds. The van der Waals surface area contributed by atoms with Crippen LogP contribution in [0.25, 0.3) is 11.1 Å². The molecule has 0 radical (unpaired) electrons. The van der Waals surface area contributed by atoms with Gasteiger partial charge in [0.2, 0.25) is 0 Å². The van der Waals surface area contributed by atoms with E-state index in [1.807, 2.05) is 48.5 Å². The SMILES string of the molecule is O=C(O)C(c1ccccc1)n1cc(-c2ccccc2)cn1. The number of nitrogens with zero attached hydrogens (tertiary/aromatic N) is 2. The molecule has 0 saturated heterocycles. The lowest BCUT2D eigenvalue weighted by Crippen LogP contribution is -2.20. The highest BCUT2D eigenvalue weighted by Crippen LogP contribution is 2.23. The Labute approximate surface area is 122 Å². The van der Waals surface area contributed by atoms with Crippen molar-refractivity contribution in [2.45, 2.75) is 6.04 Å². The second-order valence-electron chi connectivity index (χ2n) is 4.73. The summed E-state index contributed by atoms with van der Waals surface area (Å²) in [5.41, 5.74) is 2.62. The van der Waals surface area contributed by atoms with Gasteiger partial charge in [-0.05, 0) is 11.1 Å². The van der Waals surface area contributed by atoms with E-state index in [1.54, 1.807) is 24.5 Å². The number of aromatic nitrogens is 2. The van der Waals surface area contributed by atoms with Gasteiger partial charge in [0.15, 0.2) is 6.04 Å². The molecule has 3 rings (SSSR count). The van der Waals surface area contributed by atoms with Gasteiger partial charge in [0.1, 0.15) is 0 Å². The van der Waals surface area contributed by atoms with Crippen molar-refractivity contribution >= 4 is 5.97 Å². The lowest BCUT2D eigenvalue weighted by molar-refractivity contribution is -0.139. The summed E-state index contributed by atoms with van der Waals surface area (Å²) in [6.45, 7) is 0. The van der Waals surface area contributed by atoms with Crippen LogP contribution in [0, 0.1) is 0 Å². The lowest BCUT2D eigenvalue weighted by Gasteiger charge is -2.13. The molecule has 3 aromatic rings. The average Bonchev–Trinajstić information content (AvgIpc) is 2.98. The van der Waals surface area contributed by atoms with Crippen molar-refractivity contribution in [1.82, 2.24) is 9.78 Å². The average molecular weight is 278 g/mol. The summed E-state index contributed by atoms with van der Waals surface area (Å²) in [6, 6.07) is 18.1. The van der Waals surface area contributed by atoms with E-state index in [0.717, 1.165) is 11.1 Å². The first kappa shape index (κ1) is 13.1. The largest absolute Gasteiger partial charge is 0.479 e. The van der Waals surface area contributed by atoms with E-state index >= 15 is 0 Å². The molecule has 0 fully saturated rings. The Morgan fingerprint density at radius 2 is 1.57 bits per heavy atom. The van der Waals surface area contributed by atoms with Crippen molar-refractivity contribution in [1.29, 1.82) is 0 Å². The van der Waals surface area contributed by atoms with Crippen molar-refractivity contribution in [2.24, 2.45) is 0 Å². The van der Waals surface area contributed by atoms with Crippen molar-refractivity contribution in [3.8, 4) is 11.1 Å². The summed E-state index contributed by atoms with van der Waals surface area (Å²) in [7, 11) is 0. The van der Waals surface area contributed by atoms with Gasteiger partial charge in [-0.1, -0.05) is 60.7 Å². The van der Waals surface area contributed by atoms with Gasteiger partial charge >= 0.3 is 5.97 Å². The van der Waals surface area contributed by atoms with E-state index in [9.17, 15) is 9.90 Å². The van der Waals surface area contributed by atoms with Gasteiger partial charge in [0.05, 0.1) is 6.20 Å². The monoisotopic (exact) mass is 278 g/mol. The number of aliphatic carboxylic acids is 1. The number of carboxylic acid groups (broad SMARTS) is 1. The molecule has 0 spiro atoms. The van der Waals surface area contributed by atoms with Gasteiger partial charge in [0.25, 0.3) is 0 Å². The zero-order chi connectivity index (χ0) is 14.7. The second kappa shape index (κ2) is 5.63. The molecule has 0 aliphatic rings. The van der Waals surface area contributed by atoms with Crippen LogP contribution < -0.4 is 0 Å². The zero-order valence-corrected chi connectivity index (χ0v) is 11.3. The van der Waals surface area contributed by atoms with Crippen LogP contribution in [0.15, 0.2) is 73.1 Å². The molecule has 1 unspecified atom stereocenters. The summed E-state index contributed by atoms with van der Waals surface area (Å²) in [6.07, 6.45) is 3.45. The van der Waals surface area contributed by atoms with Crippen LogP contribution in [0.3, 0.4) is 0 Å².